The van der Waals surface area contributed by atoms with Crippen LogP contribution in [0.15, 0.2) is 48.8 Å². The van der Waals surface area contributed by atoms with Gasteiger partial charge in [0, 0.05) is 30.5 Å². The average Bonchev–Trinajstić information content (AvgIpc) is 3.47. The monoisotopic (exact) mass is 408 g/mol. The predicted octanol–water partition coefficient (Wildman–Crippen LogP) is 1.89. The van der Waals surface area contributed by atoms with Crippen LogP contribution in [0.4, 0.5) is 5.82 Å². The Hall–Kier alpha value is -3.72. The fourth-order valence-electron chi connectivity index (χ4n) is 2.69. The Labute approximate surface area is 173 Å². The number of carbonyl (C=O) groups is 2. The summed E-state index contributed by atoms with van der Waals surface area (Å²) < 4.78 is 1.39. The topological polar surface area (TPSA) is 149 Å². The van der Waals surface area contributed by atoms with Gasteiger partial charge >= 0.3 is 5.97 Å². The number of nitrogens with zero attached hydrogens (tertiary/aromatic N) is 3. The molecule has 0 bridgehead atoms. The van der Waals surface area contributed by atoms with Gasteiger partial charge in [-0.1, -0.05) is 12.1 Å². The minimum absolute atomic E-state index is 0.0558. The second-order valence-corrected chi connectivity index (χ2v) is 6.95. The van der Waals surface area contributed by atoms with Crippen molar-refractivity contribution in [2.45, 2.75) is 32.4 Å². The minimum atomic E-state index is -1.14. The first kappa shape index (κ1) is 21.0. The Kier molecular flexibility index (Phi) is 6.43. The van der Waals surface area contributed by atoms with Crippen LogP contribution in [-0.2, 0) is 6.54 Å². The van der Waals surface area contributed by atoms with E-state index in [4.69, 9.17) is 16.6 Å². The lowest BCUT2D eigenvalue weighted by atomic mass is 10.1. The molecule has 0 saturated heterocycles. The summed E-state index contributed by atoms with van der Waals surface area (Å²) in [5.74, 6) is -1.33. The van der Waals surface area contributed by atoms with Crippen molar-refractivity contribution in [1.82, 2.24) is 20.1 Å². The number of rotatable bonds is 5. The second kappa shape index (κ2) is 9.19. The highest BCUT2D eigenvalue weighted by Gasteiger charge is 2.24. The van der Waals surface area contributed by atoms with Crippen LogP contribution in [-0.4, -0.2) is 37.8 Å². The molecular formula is C21H24N6O3. The number of carboxylic acid groups (broad SMARTS) is 1. The largest absolute Gasteiger partial charge is 0.477 e. The molecule has 156 valence electrons. The molecule has 4 rings (SSSR count). The van der Waals surface area contributed by atoms with E-state index in [1.54, 1.807) is 24.4 Å². The molecule has 30 heavy (non-hydrogen) atoms. The molecule has 3 aromatic rings. The zero-order chi connectivity index (χ0) is 21.7. The molecule has 1 amide bonds. The summed E-state index contributed by atoms with van der Waals surface area (Å²) in [7, 11) is 0. The summed E-state index contributed by atoms with van der Waals surface area (Å²) >= 11 is 0. The van der Waals surface area contributed by atoms with Crippen molar-refractivity contribution >= 4 is 17.7 Å². The summed E-state index contributed by atoms with van der Waals surface area (Å²) in [6, 6.07) is 11.2. The normalized spacial score (nSPS) is 12.6. The maximum absolute atomic E-state index is 12.1. The molecule has 0 aliphatic heterocycles. The average molecular weight is 408 g/mol. The molecule has 2 heterocycles. The Morgan fingerprint density at radius 1 is 1.27 bits per heavy atom. The van der Waals surface area contributed by atoms with Gasteiger partial charge in [0.15, 0.2) is 5.82 Å². The number of amides is 1. The molecule has 0 unspecified atom stereocenters. The number of anilines is 1. The lowest BCUT2D eigenvalue weighted by Crippen LogP contribution is -2.25. The van der Waals surface area contributed by atoms with Gasteiger partial charge in [-0.25, -0.2) is 9.48 Å². The number of aromatic nitrogens is 3. The molecule has 1 aliphatic carbocycles. The predicted molar refractivity (Wildman–Crippen MR) is 112 cm³/mol. The molecule has 1 saturated carbocycles. The fourth-order valence-corrected chi connectivity index (χ4v) is 2.69. The third-order valence-electron chi connectivity index (χ3n) is 4.54. The third-order valence-corrected chi connectivity index (χ3v) is 4.54. The number of aryl methyl sites for hydroxylation is 1. The lowest BCUT2D eigenvalue weighted by molar-refractivity contribution is 0.0697. The first-order valence-corrected chi connectivity index (χ1v) is 9.49. The van der Waals surface area contributed by atoms with Gasteiger partial charge in [0.2, 0.25) is 0 Å². The molecule has 0 radical (unpaired) electrons. The number of nitrogens with one attached hydrogen (secondary N) is 1. The van der Waals surface area contributed by atoms with Gasteiger partial charge in [-0.2, -0.15) is 0 Å². The molecule has 2 aromatic heterocycles. The standard InChI is InChI=1S/C15H16N4O3.C6H8N2/c1-8-2-3-9(14(20)17-10-4-5-10)6-12(8)19-7-11(15(21)22)13(16)18-19;7-5-6-3-1-2-4-8-6/h2-3,6-7,10H,4-5H2,1H3,(H2,16,18)(H,17,20)(H,21,22);1-4H,5,7H2. The molecule has 9 nitrogen and oxygen atoms in total. The Morgan fingerprint density at radius 2 is 2.03 bits per heavy atom. The molecule has 6 N–H and O–H groups in total. The van der Waals surface area contributed by atoms with Crippen molar-refractivity contribution in [3.05, 3.63) is 71.2 Å². The van der Waals surface area contributed by atoms with E-state index in [9.17, 15) is 9.59 Å². The number of aromatic carboxylic acids is 1. The van der Waals surface area contributed by atoms with Gasteiger partial charge in [0.05, 0.1) is 11.4 Å². The number of pyridine rings is 1. The summed E-state index contributed by atoms with van der Waals surface area (Å²) in [5.41, 5.74) is 13.8. The van der Waals surface area contributed by atoms with Gasteiger partial charge in [-0.3, -0.25) is 9.78 Å². The molecular weight excluding hydrogens is 384 g/mol. The van der Waals surface area contributed by atoms with Gasteiger partial charge in [0.25, 0.3) is 5.91 Å². The number of carbonyl (C=O) groups excluding carboxylic acids is 1. The highest BCUT2D eigenvalue weighted by atomic mass is 16.4. The summed E-state index contributed by atoms with van der Waals surface area (Å²) in [6.45, 7) is 2.39. The first-order valence-electron chi connectivity index (χ1n) is 9.49. The van der Waals surface area contributed by atoms with E-state index in [1.807, 2.05) is 25.1 Å². The minimum Gasteiger partial charge on any atom is -0.477 e. The van der Waals surface area contributed by atoms with Crippen LogP contribution in [0.1, 0.15) is 44.8 Å². The van der Waals surface area contributed by atoms with Gasteiger partial charge < -0.3 is 21.9 Å². The van der Waals surface area contributed by atoms with Crippen LogP contribution >= 0.6 is 0 Å². The third kappa shape index (κ3) is 5.21. The Bertz CT molecular complexity index is 1040. The first-order chi connectivity index (χ1) is 14.4. The molecule has 1 aliphatic rings. The Balaban J connectivity index is 0.000000269. The van der Waals surface area contributed by atoms with E-state index < -0.39 is 5.97 Å². The van der Waals surface area contributed by atoms with E-state index in [0.29, 0.717) is 17.8 Å². The van der Waals surface area contributed by atoms with E-state index in [1.165, 1.54) is 10.9 Å². The number of hydrogen-bond donors (Lipinski definition) is 4. The van der Waals surface area contributed by atoms with Crippen molar-refractivity contribution in [2.24, 2.45) is 5.73 Å². The van der Waals surface area contributed by atoms with Crippen LogP contribution in [0, 0.1) is 6.92 Å². The number of nitrogens with two attached hydrogens (primary N) is 2. The van der Waals surface area contributed by atoms with Gasteiger partial charge in [0.1, 0.15) is 5.56 Å². The number of hydrogen-bond acceptors (Lipinski definition) is 6. The smallest absolute Gasteiger partial charge is 0.341 e. The molecule has 1 aromatic carbocycles. The van der Waals surface area contributed by atoms with E-state index in [-0.39, 0.29) is 23.3 Å². The fraction of sp³-hybridized carbons (Fsp3) is 0.238. The molecule has 0 atom stereocenters. The van der Waals surface area contributed by atoms with Crippen molar-refractivity contribution in [3.63, 3.8) is 0 Å². The number of nitrogen functional groups attached to an aromatic ring is 1. The van der Waals surface area contributed by atoms with E-state index in [0.717, 1.165) is 24.1 Å². The van der Waals surface area contributed by atoms with Crippen LogP contribution in [0.25, 0.3) is 5.69 Å². The molecule has 9 heteroatoms. The van der Waals surface area contributed by atoms with Crippen LogP contribution in [0.3, 0.4) is 0 Å². The van der Waals surface area contributed by atoms with Gasteiger partial charge in [-0.15, -0.1) is 5.10 Å². The maximum atomic E-state index is 12.1. The quantitative estimate of drug-likeness (QED) is 0.503. The van der Waals surface area contributed by atoms with Crippen molar-refractivity contribution in [1.29, 1.82) is 0 Å². The summed E-state index contributed by atoms with van der Waals surface area (Å²) in [6.07, 6.45) is 5.12. The second-order valence-electron chi connectivity index (χ2n) is 6.95. The number of carboxylic acids is 1. The van der Waals surface area contributed by atoms with Gasteiger partial charge in [-0.05, 0) is 49.6 Å². The van der Waals surface area contributed by atoms with Crippen molar-refractivity contribution < 1.29 is 14.7 Å². The molecule has 0 spiro atoms. The SMILES string of the molecule is Cc1ccc(C(=O)NC2CC2)cc1-n1cc(C(=O)O)c(N)n1.NCc1ccccn1. The van der Waals surface area contributed by atoms with Crippen LogP contribution in [0.5, 0.6) is 0 Å². The summed E-state index contributed by atoms with van der Waals surface area (Å²) in [4.78, 5) is 27.1. The zero-order valence-corrected chi connectivity index (χ0v) is 16.6. The Morgan fingerprint density at radius 3 is 2.57 bits per heavy atom. The highest BCUT2D eigenvalue weighted by molar-refractivity contribution is 5.95. The zero-order valence-electron chi connectivity index (χ0n) is 16.6. The summed E-state index contributed by atoms with van der Waals surface area (Å²) in [5, 5.41) is 16.0. The maximum Gasteiger partial charge on any atom is 0.341 e. The van der Waals surface area contributed by atoms with Crippen molar-refractivity contribution in [2.75, 3.05) is 5.73 Å². The van der Waals surface area contributed by atoms with Crippen LogP contribution < -0.4 is 16.8 Å². The lowest BCUT2D eigenvalue weighted by Gasteiger charge is -2.09. The van der Waals surface area contributed by atoms with E-state index in [2.05, 4.69) is 15.4 Å². The van der Waals surface area contributed by atoms with E-state index >= 15 is 0 Å². The molecule has 1 fully saturated rings. The van der Waals surface area contributed by atoms with Crippen molar-refractivity contribution in [3.8, 4) is 5.69 Å². The van der Waals surface area contributed by atoms with Crippen LogP contribution in [0.2, 0.25) is 0 Å². The highest BCUT2D eigenvalue weighted by Crippen LogP contribution is 2.22. The number of benzene rings is 1.